The van der Waals surface area contributed by atoms with Gasteiger partial charge in [-0.1, -0.05) is 23.7 Å². The summed E-state index contributed by atoms with van der Waals surface area (Å²) in [4.78, 5) is 34.4. The molecule has 3 aromatic rings. The highest BCUT2D eigenvalue weighted by atomic mass is 35.5. The van der Waals surface area contributed by atoms with E-state index in [1.54, 1.807) is 50.2 Å². The maximum atomic E-state index is 13.8. The van der Waals surface area contributed by atoms with E-state index in [9.17, 15) is 9.59 Å². The highest BCUT2D eigenvalue weighted by Gasteiger charge is 2.33. The lowest BCUT2D eigenvalue weighted by molar-refractivity contribution is 0.00617. The maximum Gasteiger partial charge on any atom is 0.359 e. The first-order chi connectivity index (χ1) is 15.1. The number of hydrogen-bond donors (Lipinski definition) is 0. The lowest BCUT2D eigenvalue weighted by Gasteiger charge is -2.32. The molecule has 0 N–H and O–H groups in total. The van der Waals surface area contributed by atoms with Crippen LogP contribution in [0.5, 0.6) is 0 Å². The first kappa shape index (κ1) is 21.9. The standard InChI is InChI=1S/C24H25ClN4O3/c1-24(2,3)32-23(31)21-20-13-28(22(30)16-8-6-7-9-17(16)27(4)5)19-12-15(25)10-11-18(19)29(20)14-26-21/h6-12,14H,13H2,1-5H3. The third-order valence-corrected chi connectivity index (χ3v) is 5.35. The Morgan fingerprint density at radius 1 is 1.09 bits per heavy atom. The van der Waals surface area contributed by atoms with Gasteiger partial charge in [0.05, 0.1) is 29.2 Å². The fourth-order valence-electron chi connectivity index (χ4n) is 3.75. The lowest BCUT2D eigenvalue weighted by atomic mass is 10.1. The smallest absolute Gasteiger partial charge is 0.359 e. The quantitative estimate of drug-likeness (QED) is 0.538. The average Bonchev–Trinajstić information content (AvgIpc) is 3.15. The third-order valence-electron chi connectivity index (χ3n) is 5.12. The van der Waals surface area contributed by atoms with Crippen LogP contribution in [0.1, 0.15) is 47.3 Å². The number of rotatable bonds is 3. The van der Waals surface area contributed by atoms with Crippen molar-refractivity contribution in [3.8, 4) is 5.69 Å². The summed E-state index contributed by atoms with van der Waals surface area (Å²) in [5.41, 5.74) is 2.84. The fraction of sp³-hybridized carbons (Fsp3) is 0.292. The Bertz CT molecular complexity index is 1210. The predicted molar refractivity (Wildman–Crippen MR) is 125 cm³/mol. The summed E-state index contributed by atoms with van der Waals surface area (Å²) < 4.78 is 7.35. The van der Waals surface area contributed by atoms with Gasteiger partial charge < -0.3 is 14.5 Å². The van der Waals surface area contributed by atoms with Gasteiger partial charge in [0.2, 0.25) is 0 Å². The summed E-state index contributed by atoms with van der Waals surface area (Å²) in [6.07, 6.45) is 1.58. The third kappa shape index (κ3) is 3.96. The van der Waals surface area contributed by atoms with Crippen molar-refractivity contribution in [3.05, 3.63) is 70.8 Å². The zero-order valence-corrected chi connectivity index (χ0v) is 19.5. The molecule has 0 spiro atoms. The molecule has 8 heteroatoms. The monoisotopic (exact) mass is 452 g/mol. The number of amides is 1. The molecule has 0 fully saturated rings. The van der Waals surface area contributed by atoms with Gasteiger partial charge >= 0.3 is 5.97 Å². The van der Waals surface area contributed by atoms with E-state index in [1.807, 2.05) is 47.8 Å². The lowest BCUT2D eigenvalue weighted by Crippen LogP contribution is -2.36. The minimum absolute atomic E-state index is 0.155. The zero-order chi connectivity index (χ0) is 23.2. The van der Waals surface area contributed by atoms with Crippen LogP contribution in [0.4, 0.5) is 11.4 Å². The van der Waals surface area contributed by atoms with E-state index in [-0.39, 0.29) is 18.1 Å². The summed E-state index contributed by atoms with van der Waals surface area (Å²) >= 11 is 6.28. The minimum Gasteiger partial charge on any atom is -0.455 e. The Kier molecular flexibility index (Phi) is 5.46. The maximum absolute atomic E-state index is 13.8. The van der Waals surface area contributed by atoms with Crippen molar-refractivity contribution < 1.29 is 14.3 Å². The molecule has 0 atom stereocenters. The van der Waals surface area contributed by atoms with Crippen molar-refractivity contribution in [2.45, 2.75) is 32.9 Å². The van der Waals surface area contributed by atoms with Crippen LogP contribution in [0.25, 0.3) is 5.69 Å². The first-order valence-electron chi connectivity index (χ1n) is 10.2. The molecule has 0 radical (unpaired) electrons. The SMILES string of the molecule is CN(C)c1ccccc1C(=O)N1Cc2c(C(=O)OC(C)(C)C)ncn2-c2ccc(Cl)cc21. The van der Waals surface area contributed by atoms with Crippen molar-refractivity contribution >= 4 is 34.9 Å². The van der Waals surface area contributed by atoms with Gasteiger partial charge in [-0.3, -0.25) is 9.36 Å². The van der Waals surface area contributed by atoms with Gasteiger partial charge in [-0.2, -0.15) is 0 Å². The second-order valence-corrected chi connectivity index (χ2v) is 9.28. The van der Waals surface area contributed by atoms with E-state index in [0.29, 0.717) is 27.7 Å². The molecule has 2 heterocycles. The van der Waals surface area contributed by atoms with E-state index in [2.05, 4.69) is 4.98 Å². The molecular formula is C24H25ClN4O3. The molecule has 2 aromatic carbocycles. The van der Waals surface area contributed by atoms with Crippen LogP contribution in [0.2, 0.25) is 5.02 Å². The van der Waals surface area contributed by atoms with E-state index in [4.69, 9.17) is 16.3 Å². The molecule has 0 saturated carbocycles. The Morgan fingerprint density at radius 2 is 1.81 bits per heavy atom. The van der Waals surface area contributed by atoms with Crippen LogP contribution < -0.4 is 9.80 Å². The number of aromatic nitrogens is 2. The Labute approximate surface area is 192 Å². The van der Waals surface area contributed by atoms with E-state index < -0.39 is 11.6 Å². The Morgan fingerprint density at radius 3 is 2.50 bits per heavy atom. The number of fused-ring (bicyclic) bond motifs is 3. The number of esters is 1. The fourth-order valence-corrected chi connectivity index (χ4v) is 3.92. The topological polar surface area (TPSA) is 67.7 Å². The van der Waals surface area contributed by atoms with Crippen molar-refractivity contribution in [1.29, 1.82) is 0 Å². The molecule has 1 aliphatic rings. The highest BCUT2D eigenvalue weighted by Crippen LogP contribution is 2.37. The van der Waals surface area contributed by atoms with Crippen molar-refractivity contribution in [1.82, 2.24) is 9.55 Å². The van der Waals surface area contributed by atoms with Gasteiger partial charge in [0.1, 0.15) is 11.9 Å². The average molecular weight is 453 g/mol. The molecule has 166 valence electrons. The van der Waals surface area contributed by atoms with E-state index in [0.717, 1.165) is 5.69 Å². The van der Waals surface area contributed by atoms with Crippen LogP contribution in [-0.4, -0.2) is 41.1 Å². The molecule has 32 heavy (non-hydrogen) atoms. The molecule has 4 rings (SSSR count). The second-order valence-electron chi connectivity index (χ2n) is 8.85. The summed E-state index contributed by atoms with van der Waals surface area (Å²) in [6, 6.07) is 12.7. The number of carbonyl (C=O) groups excluding carboxylic acids is 2. The number of nitrogens with zero attached hydrogens (tertiary/aromatic N) is 4. The Hall–Kier alpha value is -3.32. The summed E-state index contributed by atoms with van der Waals surface area (Å²) in [7, 11) is 3.78. The van der Waals surface area contributed by atoms with Crippen LogP contribution in [0.3, 0.4) is 0 Å². The van der Waals surface area contributed by atoms with Gasteiger partial charge in [-0.05, 0) is 51.1 Å². The van der Waals surface area contributed by atoms with E-state index in [1.165, 1.54) is 0 Å². The Balaban J connectivity index is 1.83. The van der Waals surface area contributed by atoms with Crippen molar-refractivity contribution in [2.24, 2.45) is 0 Å². The summed E-state index contributed by atoms with van der Waals surface area (Å²) in [5, 5.41) is 0.512. The summed E-state index contributed by atoms with van der Waals surface area (Å²) in [5.74, 6) is -0.717. The van der Waals surface area contributed by atoms with E-state index >= 15 is 0 Å². The van der Waals surface area contributed by atoms with Crippen LogP contribution in [0, 0.1) is 0 Å². The zero-order valence-electron chi connectivity index (χ0n) is 18.7. The molecule has 0 bridgehead atoms. The highest BCUT2D eigenvalue weighted by molar-refractivity contribution is 6.31. The molecular weight excluding hydrogens is 428 g/mol. The minimum atomic E-state index is -0.659. The van der Waals surface area contributed by atoms with Gasteiger partial charge in [0.15, 0.2) is 5.69 Å². The summed E-state index contributed by atoms with van der Waals surface area (Å²) in [6.45, 7) is 5.57. The number of benzene rings is 2. The number of carbonyl (C=O) groups is 2. The largest absolute Gasteiger partial charge is 0.455 e. The van der Waals surface area contributed by atoms with Crippen molar-refractivity contribution in [2.75, 3.05) is 23.9 Å². The van der Waals surface area contributed by atoms with Crippen molar-refractivity contribution in [3.63, 3.8) is 0 Å². The van der Waals surface area contributed by atoms with Gasteiger partial charge in [-0.25, -0.2) is 9.78 Å². The number of ether oxygens (including phenoxy) is 1. The molecule has 1 amide bonds. The van der Waals surface area contributed by atoms with Crippen LogP contribution >= 0.6 is 11.6 Å². The van der Waals surface area contributed by atoms with Crippen LogP contribution in [-0.2, 0) is 11.3 Å². The first-order valence-corrected chi connectivity index (χ1v) is 10.6. The number of para-hydroxylation sites is 1. The molecule has 0 unspecified atom stereocenters. The second kappa shape index (κ2) is 7.98. The predicted octanol–water partition coefficient (Wildman–Crippen LogP) is 4.71. The molecule has 0 saturated heterocycles. The van der Waals surface area contributed by atoms with Gasteiger partial charge in [0.25, 0.3) is 5.91 Å². The van der Waals surface area contributed by atoms with Gasteiger partial charge in [0, 0.05) is 24.8 Å². The molecule has 0 aliphatic carbocycles. The number of hydrogen-bond acceptors (Lipinski definition) is 5. The number of imidazole rings is 1. The molecule has 7 nitrogen and oxygen atoms in total. The molecule has 1 aromatic heterocycles. The number of halogens is 1. The normalized spacial score (nSPS) is 12.8. The number of anilines is 2. The molecule has 1 aliphatic heterocycles. The van der Waals surface area contributed by atoms with Crippen LogP contribution in [0.15, 0.2) is 48.8 Å². The van der Waals surface area contributed by atoms with Gasteiger partial charge in [-0.15, -0.1) is 0 Å².